The number of benzene rings is 1. The van der Waals surface area contributed by atoms with Gasteiger partial charge in [-0.2, -0.15) is 0 Å². The predicted octanol–water partition coefficient (Wildman–Crippen LogP) is 3.37. The van der Waals surface area contributed by atoms with Gasteiger partial charge in [0.25, 0.3) is 0 Å². The number of anilines is 1. The molecule has 1 aromatic heterocycles. The fourth-order valence-electron chi connectivity index (χ4n) is 3.58. The van der Waals surface area contributed by atoms with Crippen LogP contribution in [0.4, 0.5) is 5.82 Å². The zero-order valence-electron chi connectivity index (χ0n) is 17.4. The number of carbonyl (C=O) groups excluding carboxylic acids is 1. The van der Waals surface area contributed by atoms with Gasteiger partial charge in [0.1, 0.15) is 5.82 Å². The zero-order chi connectivity index (χ0) is 20.6. The van der Waals surface area contributed by atoms with Crippen molar-refractivity contribution in [2.45, 2.75) is 39.7 Å². The summed E-state index contributed by atoms with van der Waals surface area (Å²) in [5, 5.41) is 3.16. The Balaban J connectivity index is 1.57. The number of carbonyl (C=O) groups is 1. The number of amides is 1. The lowest BCUT2D eigenvalue weighted by molar-refractivity contribution is -0.126. The van der Waals surface area contributed by atoms with E-state index in [1.807, 2.05) is 39.0 Å². The van der Waals surface area contributed by atoms with Crippen LogP contribution in [-0.4, -0.2) is 42.2 Å². The van der Waals surface area contributed by atoms with E-state index in [1.165, 1.54) is 0 Å². The maximum atomic E-state index is 12.8. The largest absolute Gasteiger partial charge is 0.490 e. The van der Waals surface area contributed by atoms with Crippen molar-refractivity contribution in [3.63, 3.8) is 0 Å². The summed E-state index contributed by atoms with van der Waals surface area (Å²) < 4.78 is 11.3. The number of nitrogens with zero attached hydrogens (tertiary/aromatic N) is 3. The number of rotatable bonds is 8. The Morgan fingerprint density at radius 3 is 2.55 bits per heavy atom. The van der Waals surface area contributed by atoms with E-state index in [0.29, 0.717) is 19.0 Å². The average molecular weight is 399 g/mol. The van der Waals surface area contributed by atoms with E-state index in [9.17, 15) is 4.79 Å². The molecule has 1 aromatic carbocycles. The van der Waals surface area contributed by atoms with Crippen LogP contribution >= 0.6 is 0 Å². The van der Waals surface area contributed by atoms with Gasteiger partial charge in [0.05, 0.1) is 25.5 Å². The van der Waals surface area contributed by atoms with Gasteiger partial charge in [-0.15, -0.1) is 0 Å². The molecule has 29 heavy (non-hydrogen) atoms. The van der Waals surface area contributed by atoms with Crippen molar-refractivity contribution in [2.24, 2.45) is 5.92 Å². The summed E-state index contributed by atoms with van der Waals surface area (Å²) in [7, 11) is 0. The Morgan fingerprint density at radius 1 is 1.17 bits per heavy atom. The van der Waals surface area contributed by atoms with Crippen LogP contribution < -0.4 is 19.7 Å². The minimum Gasteiger partial charge on any atom is -0.490 e. The average Bonchev–Trinajstić information content (AvgIpc) is 2.76. The maximum Gasteiger partial charge on any atom is 0.223 e. The summed E-state index contributed by atoms with van der Waals surface area (Å²) in [5.74, 6) is 2.43. The predicted molar refractivity (Wildman–Crippen MR) is 112 cm³/mol. The normalized spacial score (nSPS) is 15.6. The summed E-state index contributed by atoms with van der Waals surface area (Å²) in [5.41, 5.74) is 1.00. The molecule has 1 amide bonds. The molecule has 1 atom stereocenters. The highest BCUT2D eigenvalue weighted by Crippen LogP contribution is 2.31. The SMILES string of the molecule is CCOc1ccc(C(C)NC(=O)C2CCN(c3cnccn3)CC2)cc1OCC. The fourth-order valence-corrected chi connectivity index (χ4v) is 3.58. The molecular formula is C22H30N4O3. The summed E-state index contributed by atoms with van der Waals surface area (Å²) in [6.45, 7) is 8.65. The van der Waals surface area contributed by atoms with Crippen molar-refractivity contribution in [3.05, 3.63) is 42.4 Å². The van der Waals surface area contributed by atoms with Crippen LogP contribution in [0, 0.1) is 5.92 Å². The quantitative estimate of drug-likeness (QED) is 0.735. The number of nitrogens with one attached hydrogen (secondary N) is 1. The Labute approximate surface area is 172 Å². The molecule has 1 unspecified atom stereocenters. The topological polar surface area (TPSA) is 76.6 Å². The molecule has 7 heteroatoms. The highest BCUT2D eigenvalue weighted by Gasteiger charge is 2.26. The Kier molecular flexibility index (Phi) is 7.27. The summed E-state index contributed by atoms with van der Waals surface area (Å²) in [4.78, 5) is 23.4. The Bertz CT molecular complexity index is 792. The van der Waals surface area contributed by atoms with E-state index in [0.717, 1.165) is 43.1 Å². The molecule has 0 saturated carbocycles. The van der Waals surface area contributed by atoms with Gasteiger partial charge in [-0.05, 0) is 51.3 Å². The zero-order valence-corrected chi connectivity index (χ0v) is 17.4. The molecule has 3 rings (SSSR count). The highest BCUT2D eigenvalue weighted by atomic mass is 16.5. The fraction of sp³-hybridized carbons (Fsp3) is 0.500. The first-order valence-corrected chi connectivity index (χ1v) is 10.3. The third-order valence-electron chi connectivity index (χ3n) is 5.17. The Morgan fingerprint density at radius 2 is 1.90 bits per heavy atom. The van der Waals surface area contributed by atoms with Gasteiger partial charge >= 0.3 is 0 Å². The number of aromatic nitrogens is 2. The van der Waals surface area contributed by atoms with Crippen LogP contribution in [0.2, 0.25) is 0 Å². The monoisotopic (exact) mass is 398 g/mol. The molecule has 0 bridgehead atoms. The molecule has 7 nitrogen and oxygen atoms in total. The van der Waals surface area contributed by atoms with Gasteiger partial charge in [0.2, 0.25) is 5.91 Å². The molecule has 1 saturated heterocycles. The minimum atomic E-state index is -0.101. The van der Waals surface area contributed by atoms with Gasteiger partial charge in [-0.1, -0.05) is 6.07 Å². The van der Waals surface area contributed by atoms with E-state index in [-0.39, 0.29) is 17.9 Å². The van der Waals surface area contributed by atoms with E-state index >= 15 is 0 Å². The van der Waals surface area contributed by atoms with Crippen LogP contribution in [0.25, 0.3) is 0 Å². The molecule has 0 spiro atoms. The molecule has 1 aliphatic heterocycles. The number of piperidine rings is 1. The second-order valence-corrected chi connectivity index (χ2v) is 7.13. The minimum absolute atomic E-state index is 0.0134. The third-order valence-corrected chi connectivity index (χ3v) is 5.17. The summed E-state index contributed by atoms with van der Waals surface area (Å²) >= 11 is 0. The van der Waals surface area contributed by atoms with Crippen molar-refractivity contribution in [2.75, 3.05) is 31.2 Å². The molecule has 1 N–H and O–H groups in total. The van der Waals surface area contributed by atoms with Gasteiger partial charge in [0.15, 0.2) is 11.5 Å². The second-order valence-electron chi connectivity index (χ2n) is 7.13. The van der Waals surface area contributed by atoms with Gasteiger partial charge in [-0.3, -0.25) is 9.78 Å². The van der Waals surface area contributed by atoms with E-state index in [1.54, 1.807) is 18.6 Å². The van der Waals surface area contributed by atoms with Crippen molar-refractivity contribution in [1.29, 1.82) is 0 Å². The molecule has 156 valence electrons. The van der Waals surface area contributed by atoms with Crippen molar-refractivity contribution in [3.8, 4) is 11.5 Å². The van der Waals surface area contributed by atoms with Crippen LogP contribution in [0.3, 0.4) is 0 Å². The van der Waals surface area contributed by atoms with Crippen molar-refractivity contribution < 1.29 is 14.3 Å². The van der Waals surface area contributed by atoms with Crippen LogP contribution in [-0.2, 0) is 4.79 Å². The van der Waals surface area contributed by atoms with Crippen LogP contribution in [0.15, 0.2) is 36.8 Å². The first-order valence-electron chi connectivity index (χ1n) is 10.3. The standard InChI is InChI=1S/C22H30N4O3/c1-4-28-19-7-6-18(14-20(19)29-5-2)16(3)25-22(27)17-8-12-26(13-9-17)21-15-23-10-11-24-21/h6-7,10-11,14-17H,4-5,8-9,12-13H2,1-3H3,(H,25,27). The Hall–Kier alpha value is -2.83. The van der Waals surface area contributed by atoms with Crippen molar-refractivity contribution in [1.82, 2.24) is 15.3 Å². The van der Waals surface area contributed by atoms with Gasteiger partial charge in [-0.25, -0.2) is 4.98 Å². The van der Waals surface area contributed by atoms with Crippen LogP contribution in [0.1, 0.15) is 45.2 Å². The highest BCUT2D eigenvalue weighted by molar-refractivity contribution is 5.79. The van der Waals surface area contributed by atoms with Crippen molar-refractivity contribution >= 4 is 11.7 Å². The second kappa shape index (κ2) is 10.1. The number of hydrogen-bond donors (Lipinski definition) is 1. The summed E-state index contributed by atoms with van der Waals surface area (Å²) in [6.07, 6.45) is 6.75. The first-order chi connectivity index (χ1) is 14.1. The van der Waals surface area contributed by atoms with Gasteiger partial charge < -0.3 is 19.7 Å². The smallest absolute Gasteiger partial charge is 0.223 e. The lowest BCUT2D eigenvalue weighted by Gasteiger charge is -2.32. The molecular weight excluding hydrogens is 368 g/mol. The number of ether oxygens (including phenoxy) is 2. The lowest BCUT2D eigenvalue weighted by atomic mass is 9.95. The summed E-state index contributed by atoms with van der Waals surface area (Å²) in [6, 6.07) is 5.74. The van der Waals surface area contributed by atoms with E-state index in [2.05, 4.69) is 20.2 Å². The molecule has 2 aromatic rings. The van der Waals surface area contributed by atoms with Gasteiger partial charge in [0, 0.05) is 31.4 Å². The van der Waals surface area contributed by atoms with E-state index < -0.39 is 0 Å². The van der Waals surface area contributed by atoms with E-state index in [4.69, 9.17) is 9.47 Å². The molecule has 0 aliphatic carbocycles. The lowest BCUT2D eigenvalue weighted by Crippen LogP contribution is -2.41. The maximum absolute atomic E-state index is 12.8. The molecule has 0 radical (unpaired) electrons. The molecule has 1 aliphatic rings. The first kappa shape index (κ1) is 20.9. The molecule has 1 fully saturated rings. The third kappa shape index (κ3) is 5.37. The molecule has 2 heterocycles. The number of hydrogen-bond acceptors (Lipinski definition) is 6. The van der Waals surface area contributed by atoms with Crippen LogP contribution in [0.5, 0.6) is 11.5 Å².